The smallest absolute Gasteiger partial charge is 0.264 e. The van der Waals surface area contributed by atoms with E-state index >= 15 is 0 Å². The molecule has 2 unspecified atom stereocenters. The SMILES string of the molecule is CC(O)(c1ccccc1O)P(=O)(O)c1ccccc1.CCNCC. The molecule has 2 aromatic carbocycles. The van der Waals surface area contributed by atoms with Crippen molar-refractivity contribution in [2.45, 2.75) is 26.1 Å². The van der Waals surface area contributed by atoms with Crippen molar-refractivity contribution < 1.29 is 19.7 Å². The minimum atomic E-state index is -4.10. The van der Waals surface area contributed by atoms with Crippen LogP contribution in [0.1, 0.15) is 26.3 Å². The first-order valence-electron chi connectivity index (χ1n) is 7.89. The van der Waals surface area contributed by atoms with Crippen LogP contribution in [0.4, 0.5) is 0 Å². The van der Waals surface area contributed by atoms with E-state index < -0.39 is 12.7 Å². The van der Waals surface area contributed by atoms with E-state index in [1.165, 1.54) is 31.2 Å². The van der Waals surface area contributed by atoms with Crippen LogP contribution < -0.4 is 10.6 Å². The number of para-hydroxylation sites is 1. The first-order valence-corrected chi connectivity index (χ1v) is 9.55. The summed E-state index contributed by atoms with van der Waals surface area (Å²) in [4.78, 5) is 10.3. The lowest BCUT2D eigenvalue weighted by Gasteiger charge is -2.30. The summed E-state index contributed by atoms with van der Waals surface area (Å²) < 4.78 is 12.6. The van der Waals surface area contributed by atoms with Crippen LogP contribution in [-0.2, 0) is 9.91 Å². The zero-order valence-corrected chi connectivity index (χ0v) is 15.2. The first-order chi connectivity index (χ1) is 11.3. The number of nitrogens with one attached hydrogen (secondary N) is 1. The van der Waals surface area contributed by atoms with Gasteiger partial charge in [-0.2, -0.15) is 0 Å². The minimum Gasteiger partial charge on any atom is -0.508 e. The quantitative estimate of drug-likeness (QED) is 0.622. The lowest BCUT2D eigenvalue weighted by Crippen LogP contribution is -2.27. The summed E-state index contributed by atoms with van der Waals surface area (Å²) >= 11 is 0. The predicted molar refractivity (Wildman–Crippen MR) is 97.8 cm³/mol. The van der Waals surface area contributed by atoms with Crippen molar-refractivity contribution in [2.75, 3.05) is 13.1 Å². The molecule has 24 heavy (non-hydrogen) atoms. The fourth-order valence-electron chi connectivity index (χ4n) is 2.17. The molecule has 0 fully saturated rings. The van der Waals surface area contributed by atoms with Crippen LogP contribution in [0.25, 0.3) is 0 Å². The monoisotopic (exact) mass is 351 g/mol. The fourth-order valence-corrected chi connectivity index (χ4v) is 3.76. The Hall–Kier alpha value is -1.65. The minimum absolute atomic E-state index is 0.0321. The van der Waals surface area contributed by atoms with Gasteiger partial charge in [0, 0.05) is 10.9 Å². The third kappa shape index (κ3) is 4.68. The second kappa shape index (κ2) is 9.00. The molecular formula is C18H26NO4P. The standard InChI is InChI=1S/C14H15O4P.C4H11N/c1-14(16,12-9-5-6-10-13(12)15)19(17,18)11-7-3-2-4-8-11;1-3-5-4-2/h2-10,15-16H,1H3,(H,17,18);5H,3-4H2,1-2H3. The number of rotatable bonds is 5. The molecule has 0 radical (unpaired) electrons. The summed E-state index contributed by atoms with van der Waals surface area (Å²) in [6, 6.07) is 13.9. The number of phenolic OH excluding ortho intramolecular Hbond substituents is 1. The highest BCUT2D eigenvalue weighted by Crippen LogP contribution is 2.58. The van der Waals surface area contributed by atoms with Gasteiger partial charge in [-0.25, -0.2) is 0 Å². The Balaban J connectivity index is 0.000000505. The molecule has 5 nitrogen and oxygen atoms in total. The summed E-state index contributed by atoms with van der Waals surface area (Å²) in [5.41, 5.74) is 0.0321. The molecule has 0 heterocycles. The molecular weight excluding hydrogens is 325 g/mol. The van der Waals surface area contributed by atoms with Crippen molar-refractivity contribution in [1.29, 1.82) is 0 Å². The molecule has 0 aliphatic heterocycles. The Morgan fingerprint density at radius 2 is 1.50 bits per heavy atom. The molecule has 0 spiro atoms. The van der Waals surface area contributed by atoms with Crippen molar-refractivity contribution in [3.63, 3.8) is 0 Å². The molecule has 0 aromatic heterocycles. The maximum absolute atomic E-state index is 12.6. The van der Waals surface area contributed by atoms with Gasteiger partial charge in [-0.05, 0) is 38.2 Å². The number of phenols is 1. The molecule has 2 atom stereocenters. The van der Waals surface area contributed by atoms with Gasteiger partial charge in [0.15, 0.2) is 5.34 Å². The highest BCUT2D eigenvalue weighted by Gasteiger charge is 2.45. The second-order valence-corrected chi connectivity index (χ2v) is 7.95. The molecule has 0 aliphatic carbocycles. The van der Waals surface area contributed by atoms with Crippen molar-refractivity contribution in [3.05, 3.63) is 60.2 Å². The van der Waals surface area contributed by atoms with E-state index in [0.717, 1.165) is 13.1 Å². The molecule has 132 valence electrons. The summed E-state index contributed by atoms with van der Waals surface area (Å²) in [6.45, 7) is 7.62. The van der Waals surface area contributed by atoms with E-state index in [-0.39, 0.29) is 16.6 Å². The van der Waals surface area contributed by atoms with E-state index in [1.54, 1.807) is 30.3 Å². The highest BCUT2D eigenvalue weighted by molar-refractivity contribution is 7.67. The lowest BCUT2D eigenvalue weighted by molar-refractivity contribution is 0.128. The average molecular weight is 351 g/mol. The molecule has 0 aliphatic rings. The van der Waals surface area contributed by atoms with E-state index in [9.17, 15) is 19.7 Å². The Bertz CT molecular complexity index is 672. The second-order valence-electron chi connectivity index (χ2n) is 5.41. The highest BCUT2D eigenvalue weighted by atomic mass is 31.2. The predicted octanol–water partition coefficient (Wildman–Crippen LogP) is 2.77. The number of hydrogen-bond acceptors (Lipinski definition) is 4. The summed E-state index contributed by atoms with van der Waals surface area (Å²) in [7, 11) is -4.10. The zero-order chi connectivity index (χ0) is 18.2. The van der Waals surface area contributed by atoms with Crippen molar-refractivity contribution in [1.82, 2.24) is 5.32 Å². The zero-order valence-electron chi connectivity index (χ0n) is 14.3. The molecule has 4 N–H and O–H groups in total. The van der Waals surface area contributed by atoms with E-state index in [0.29, 0.717) is 0 Å². The van der Waals surface area contributed by atoms with Gasteiger partial charge in [0.05, 0.1) is 0 Å². The van der Waals surface area contributed by atoms with Crippen LogP contribution in [0.15, 0.2) is 54.6 Å². The summed E-state index contributed by atoms with van der Waals surface area (Å²) in [6.07, 6.45) is 0. The van der Waals surface area contributed by atoms with Gasteiger partial charge >= 0.3 is 0 Å². The van der Waals surface area contributed by atoms with E-state index in [2.05, 4.69) is 19.2 Å². The Morgan fingerprint density at radius 1 is 1.00 bits per heavy atom. The van der Waals surface area contributed by atoms with Gasteiger partial charge in [-0.15, -0.1) is 0 Å². The van der Waals surface area contributed by atoms with Crippen molar-refractivity contribution in [2.24, 2.45) is 0 Å². The van der Waals surface area contributed by atoms with Crippen molar-refractivity contribution in [3.8, 4) is 5.75 Å². The van der Waals surface area contributed by atoms with Gasteiger partial charge in [-0.3, -0.25) is 4.57 Å². The third-order valence-corrected chi connectivity index (χ3v) is 6.03. The molecule has 0 saturated carbocycles. The maximum atomic E-state index is 12.6. The number of benzene rings is 2. The Morgan fingerprint density at radius 3 is 1.96 bits per heavy atom. The fraction of sp³-hybridized carbons (Fsp3) is 0.333. The molecule has 6 heteroatoms. The van der Waals surface area contributed by atoms with Gasteiger partial charge in [0.1, 0.15) is 5.75 Å². The molecule has 2 rings (SSSR count). The van der Waals surface area contributed by atoms with Gasteiger partial charge in [0.25, 0.3) is 7.37 Å². The van der Waals surface area contributed by atoms with Gasteiger partial charge in [-0.1, -0.05) is 50.2 Å². The van der Waals surface area contributed by atoms with Crippen molar-refractivity contribution >= 4 is 12.7 Å². The van der Waals surface area contributed by atoms with Gasteiger partial charge < -0.3 is 20.4 Å². The summed E-state index contributed by atoms with van der Waals surface area (Å²) in [5.74, 6) is -0.210. The topological polar surface area (TPSA) is 89.8 Å². The largest absolute Gasteiger partial charge is 0.508 e. The van der Waals surface area contributed by atoms with Gasteiger partial charge in [0.2, 0.25) is 0 Å². The molecule has 0 saturated heterocycles. The third-order valence-electron chi connectivity index (χ3n) is 3.61. The molecule has 0 bridgehead atoms. The van der Waals surface area contributed by atoms with E-state index in [1.807, 2.05) is 0 Å². The number of aromatic hydroxyl groups is 1. The van der Waals surface area contributed by atoms with Crippen LogP contribution in [0, 0.1) is 0 Å². The summed E-state index contributed by atoms with van der Waals surface area (Å²) in [5, 5.41) is 21.4. The molecule has 0 amide bonds. The Kier molecular flexibility index (Phi) is 7.64. The van der Waals surface area contributed by atoms with Crippen LogP contribution in [-0.4, -0.2) is 28.2 Å². The van der Waals surface area contributed by atoms with Crippen LogP contribution in [0.3, 0.4) is 0 Å². The van der Waals surface area contributed by atoms with Crippen LogP contribution in [0.5, 0.6) is 5.75 Å². The first kappa shape index (κ1) is 20.4. The lowest BCUT2D eigenvalue weighted by atomic mass is 10.1. The maximum Gasteiger partial charge on any atom is 0.264 e. The molecule has 2 aromatic rings. The van der Waals surface area contributed by atoms with Crippen LogP contribution >= 0.6 is 7.37 Å². The average Bonchev–Trinajstić information content (AvgIpc) is 2.57. The van der Waals surface area contributed by atoms with Crippen LogP contribution in [0.2, 0.25) is 0 Å². The normalized spacial score (nSPS) is 15.5. The Labute approximate surface area is 143 Å². The van der Waals surface area contributed by atoms with E-state index in [4.69, 9.17) is 0 Å². The number of aliphatic hydroxyl groups is 1. The number of hydrogen-bond donors (Lipinski definition) is 4.